The van der Waals surface area contributed by atoms with Gasteiger partial charge in [0.15, 0.2) is 6.61 Å². The summed E-state index contributed by atoms with van der Waals surface area (Å²) in [7, 11) is 1.61. The van der Waals surface area contributed by atoms with Gasteiger partial charge in [0, 0.05) is 6.42 Å². The molecule has 7 heteroatoms. The molecule has 28 heavy (non-hydrogen) atoms. The van der Waals surface area contributed by atoms with E-state index in [9.17, 15) is 9.59 Å². The second-order valence-corrected chi connectivity index (χ2v) is 7.18. The zero-order valence-corrected chi connectivity index (χ0v) is 15.8. The number of methoxy groups -OCH3 is 1. The molecule has 0 radical (unpaired) electrons. The van der Waals surface area contributed by atoms with Crippen LogP contribution in [0.15, 0.2) is 52.2 Å². The Hall–Kier alpha value is -3.09. The van der Waals surface area contributed by atoms with Crippen LogP contribution in [0.3, 0.4) is 0 Å². The summed E-state index contributed by atoms with van der Waals surface area (Å²) in [6, 6.07) is 10.7. The van der Waals surface area contributed by atoms with Gasteiger partial charge in [-0.3, -0.25) is 9.59 Å². The highest BCUT2D eigenvalue weighted by molar-refractivity contribution is 6.03. The Morgan fingerprint density at radius 1 is 1.25 bits per heavy atom. The van der Waals surface area contributed by atoms with E-state index in [1.807, 2.05) is 37.3 Å². The van der Waals surface area contributed by atoms with Crippen molar-refractivity contribution in [3.05, 3.63) is 54.0 Å². The highest BCUT2D eigenvalue weighted by atomic mass is 16.5. The zero-order chi connectivity index (χ0) is 19.7. The number of furan rings is 1. The maximum Gasteiger partial charge on any atom is 0.309 e. The number of amides is 1. The molecule has 1 aliphatic carbocycles. The van der Waals surface area contributed by atoms with Gasteiger partial charge in [-0.15, -0.1) is 0 Å². The van der Waals surface area contributed by atoms with Crippen LogP contribution in [-0.4, -0.2) is 36.3 Å². The lowest BCUT2D eigenvalue weighted by Gasteiger charge is -2.19. The van der Waals surface area contributed by atoms with Gasteiger partial charge in [0.25, 0.3) is 5.91 Å². The van der Waals surface area contributed by atoms with E-state index in [1.165, 1.54) is 5.01 Å². The Bertz CT molecular complexity index is 888. The summed E-state index contributed by atoms with van der Waals surface area (Å²) < 4.78 is 15.9. The average Bonchev–Trinajstić information content (AvgIpc) is 3.12. The molecule has 2 aromatic rings. The summed E-state index contributed by atoms with van der Waals surface area (Å²) >= 11 is 0. The van der Waals surface area contributed by atoms with Crippen LogP contribution < -0.4 is 4.74 Å². The van der Waals surface area contributed by atoms with Crippen molar-refractivity contribution >= 4 is 17.6 Å². The lowest BCUT2D eigenvalue weighted by molar-refractivity contribution is -0.154. The van der Waals surface area contributed by atoms with Crippen molar-refractivity contribution < 1.29 is 23.5 Å². The first kappa shape index (κ1) is 18.3. The Balaban J connectivity index is 1.51. The number of ether oxygens (including phenoxy) is 2. The molecule has 7 nitrogen and oxygen atoms in total. The fourth-order valence-electron chi connectivity index (χ4n) is 3.36. The third-order valence-electron chi connectivity index (χ3n) is 5.21. The molecule has 1 aromatic heterocycles. The van der Waals surface area contributed by atoms with Gasteiger partial charge in [-0.1, -0.05) is 6.92 Å². The summed E-state index contributed by atoms with van der Waals surface area (Å²) in [5.41, 5.74) is 1.66. The van der Waals surface area contributed by atoms with Gasteiger partial charge in [0.1, 0.15) is 17.6 Å². The maximum atomic E-state index is 12.7. The van der Waals surface area contributed by atoms with Crippen LogP contribution in [0.4, 0.5) is 0 Å². The van der Waals surface area contributed by atoms with Gasteiger partial charge in [0.05, 0.1) is 25.0 Å². The van der Waals surface area contributed by atoms with E-state index >= 15 is 0 Å². The first-order valence-corrected chi connectivity index (χ1v) is 9.31. The molecule has 4 rings (SSSR count). The number of carbonyl (C=O) groups is 2. The minimum atomic E-state index is -0.369. The summed E-state index contributed by atoms with van der Waals surface area (Å²) in [5.74, 6) is 0.970. The summed E-state index contributed by atoms with van der Waals surface area (Å²) in [5, 5.41) is 5.88. The molecule has 1 amide bonds. The standard InChI is InChI=1S/C21H22N2O5/c1-13-10-16(13)21(25)28-12-20(24)23-18(19-4-3-9-27-19)11-17(22-23)14-5-7-15(26-2)8-6-14/h3-9,13,16,18H,10-12H2,1-2H3/t13-,16+,18-/m0/s1. The number of hydrogen-bond acceptors (Lipinski definition) is 6. The van der Waals surface area contributed by atoms with Gasteiger partial charge in [-0.2, -0.15) is 5.10 Å². The minimum Gasteiger partial charge on any atom is -0.497 e. The van der Waals surface area contributed by atoms with Crippen LogP contribution >= 0.6 is 0 Å². The van der Waals surface area contributed by atoms with Crippen molar-refractivity contribution in [2.24, 2.45) is 16.9 Å². The number of nitrogens with zero attached hydrogens (tertiary/aromatic N) is 2. The normalized spacial score (nSPS) is 23.3. The topological polar surface area (TPSA) is 81.3 Å². The largest absolute Gasteiger partial charge is 0.497 e. The SMILES string of the molecule is COc1ccc(C2=NN(C(=O)COC(=O)[C@@H]3C[C@@H]3C)[C@H](c3ccco3)C2)cc1. The van der Waals surface area contributed by atoms with Gasteiger partial charge >= 0.3 is 5.97 Å². The molecule has 0 unspecified atom stereocenters. The molecule has 0 bridgehead atoms. The molecule has 1 saturated carbocycles. The van der Waals surface area contributed by atoms with Crippen LogP contribution in [-0.2, 0) is 14.3 Å². The number of carbonyl (C=O) groups excluding carboxylic acids is 2. The average molecular weight is 382 g/mol. The monoisotopic (exact) mass is 382 g/mol. The van der Waals surface area contributed by atoms with Crippen molar-refractivity contribution in [3.63, 3.8) is 0 Å². The van der Waals surface area contributed by atoms with E-state index in [-0.39, 0.29) is 30.4 Å². The molecule has 1 aliphatic heterocycles. The number of rotatable bonds is 6. The first-order chi connectivity index (χ1) is 13.6. The Morgan fingerprint density at radius 2 is 2.00 bits per heavy atom. The molecular formula is C21H22N2O5. The van der Waals surface area contributed by atoms with Crippen LogP contribution in [0.2, 0.25) is 0 Å². The van der Waals surface area contributed by atoms with E-state index in [2.05, 4.69) is 5.10 Å². The van der Waals surface area contributed by atoms with Gasteiger partial charge in [-0.05, 0) is 54.3 Å². The van der Waals surface area contributed by atoms with Crippen LogP contribution in [0.5, 0.6) is 5.75 Å². The highest BCUT2D eigenvalue weighted by Crippen LogP contribution is 2.39. The summed E-state index contributed by atoms with van der Waals surface area (Å²) in [4.78, 5) is 24.7. The molecule has 146 valence electrons. The third-order valence-corrected chi connectivity index (χ3v) is 5.21. The molecular weight excluding hydrogens is 360 g/mol. The van der Waals surface area contributed by atoms with Gasteiger partial charge < -0.3 is 13.9 Å². The predicted molar refractivity (Wildman–Crippen MR) is 101 cm³/mol. The van der Waals surface area contributed by atoms with Crippen molar-refractivity contribution in [2.45, 2.75) is 25.8 Å². The molecule has 2 aliphatic rings. The van der Waals surface area contributed by atoms with E-state index < -0.39 is 0 Å². The number of hydrazone groups is 1. The van der Waals surface area contributed by atoms with Crippen molar-refractivity contribution in [3.8, 4) is 5.75 Å². The van der Waals surface area contributed by atoms with Crippen LogP contribution in [0, 0.1) is 11.8 Å². The van der Waals surface area contributed by atoms with Crippen LogP contribution in [0.1, 0.15) is 37.1 Å². The quantitative estimate of drug-likeness (QED) is 0.717. The fourth-order valence-corrected chi connectivity index (χ4v) is 3.36. The number of benzene rings is 1. The van der Waals surface area contributed by atoms with E-state index in [0.717, 1.165) is 23.4 Å². The predicted octanol–water partition coefficient (Wildman–Crippen LogP) is 3.17. The van der Waals surface area contributed by atoms with Crippen LogP contribution in [0.25, 0.3) is 0 Å². The Morgan fingerprint density at radius 3 is 2.61 bits per heavy atom. The molecule has 0 N–H and O–H groups in total. The summed E-state index contributed by atoms with van der Waals surface area (Å²) in [6.07, 6.45) is 2.91. The highest BCUT2D eigenvalue weighted by Gasteiger charge is 2.41. The third kappa shape index (κ3) is 3.65. The molecule has 1 aromatic carbocycles. The van der Waals surface area contributed by atoms with Crippen molar-refractivity contribution in [1.82, 2.24) is 5.01 Å². The van der Waals surface area contributed by atoms with Crippen molar-refractivity contribution in [2.75, 3.05) is 13.7 Å². The lowest BCUT2D eigenvalue weighted by atomic mass is 10.0. The van der Waals surface area contributed by atoms with E-state index in [0.29, 0.717) is 18.1 Å². The zero-order valence-electron chi connectivity index (χ0n) is 15.8. The first-order valence-electron chi connectivity index (χ1n) is 9.31. The van der Waals surface area contributed by atoms with E-state index in [4.69, 9.17) is 13.9 Å². The number of esters is 1. The summed E-state index contributed by atoms with van der Waals surface area (Å²) in [6.45, 7) is 1.67. The van der Waals surface area contributed by atoms with Gasteiger partial charge in [-0.25, -0.2) is 5.01 Å². The molecule has 1 fully saturated rings. The lowest BCUT2D eigenvalue weighted by Crippen LogP contribution is -2.31. The maximum absolute atomic E-state index is 12.7. The van der Waals surface area contributed by atoms with Gasteiger partial charge in [0.2, 0.25) is 0 Å². The molecule has 2 heterocycles. The Kier molecular flexibility index (Phi) is 4.90. The Labute approximate surface area is 162 Å². The second kappa shape index (κ2) is 7.50. The molecule has 3 atom stereocenters. The second-order valence-electron chi connectivity index (χ2n) is 7.18. The fraction of sp³-hybridized carbons (Fsp3) is 0.381. The smallest absolute Gasteiger partial charge is 0.309 e. The minimum absolute atomic E-state index is 0.0781. The molecule has 0 spiro atoms. The number of hydrogen-bond donors (Lipinski definition) is 0. The molecule has 0 saturated heterocycles. The van der Waals surface area contributed by atoms with Crippen molar-refractivity contribution in [1.29, 1.82) is 0 Å². The van der Waals surface area contributed by atoms with E-state index in [1.54, 1.807) is 19.4 Å².